The summed E-state index contributed by atoms with van der Waals surface area (Å²) in [7, 11) is 0. The smallest absolute Gasteiger partial charge is 0.266 e. The Bertz CT molecular complexity index is 862. The van der Waals surface area contributed by atoms with E-state index in [2.05, 4.69) is 14.8 Å². The fourth-order valence-corrected chi connectivity index (χ4v) is 4.53. The van der Waals surface area contributed by atoms with Gasteiger partial charge in [-0.05, 0) is 63.8 Å². The van der Waals surface area contributed by atoms with Gasteiger partial charge in [-0.15, -0.1) is 10.2 Å². The number of halogens is 1. The Morgan fingerprint density at radius 1 is 1.10 bits per heavy atom. The fourth-order valence-electron chi connectivity index (χ4n) is 4.40. The summed E-state index contributed by atoms with van der Waals surface area (Å²) in [4.78, 5) is 15.2. The molecule has 6 nitrogen and oxygen atoms in total. The number of hydrogen-bond donors (Lipinski definition) is 0. The first-order valence-electron chi connectivity index (χ1n) is 10.6. The van der Waals surface area contributed by atoms with E-state index in [0.717, 1.165) is 44.0 Å². The van der Waals surface area contributed by atoms with Crippen LogP contribution in [0.3, 0.4) is 0 Å². The van der Waals surface area contributed by atoms with Crippen LogP contribution >= 0.6 is 11.6 Å². The summed E-state index contributed by atoms with van der Waals surface area (Å²) < 4.78 is 8.33. The van der Waals surface area contributed by atoms with E-state index in [1.165, 1.54) is 19.3 Å². The minimum atomic E-state index is -0.947. The second-order valence-corrected chi connectivity index (χ2v) is 9.03. The molecule has 2 aliphatic heterocycles. The SMILES string of the molecule is CC(C)(Oc1ccc(Cl)cc1)C(=O)N1CCCC(c2nnc3n2CCCCC3)C1. The van der Waals surface area contributed by atoms with E-state index >= 15 is 0 Å². The maximum Gasteiger partial charge on any atom is 0.266 e. The topological polar surface area (TPSA) is 60.2 Å². The summed E-state index contributed by atoms with van der Waals surface area (Å²) in [5.41, 5.74) is -0.947. The predicted octanol–water partition coefficient (Wildman–Crippen LogP) is 4.22. The number of rotatable bonds is 4. The number of carbonyl (C=O) groups excluding carboxylic acids is 1. The first-order valence-corrected chi connectivity index (χ1v) is 11.0. The van der Waals surface area contributed by atoms with Gasteiger partial charge in [0.05, 0.1) is 0 Å². The van der Waals surface area contributed by atoms with E-state index < -0.39 is 5.60 Å². The molecule has 0 aliphatic carbocycles. The summed E-state index contributed by atoms with van der Waals surface area (Å²) in [6, 6.07) is 7.13. The van der Waals surface area contributed by atoms with E-state index in [-0.39, 0.29) is 11.8 Å². The molecule has 1 saturated heterocycles. The minimum Gasteiger partial charge on any atom is -0.478 e. The molecule has 0 radical (unpaired) electrons. The number of hydrogen-bond acceptors (Lipinski definition) is 4. The highest BCUT2D eigenvalue weighted by atomic mass is 35.5. The normalized spacial score (nSPS) is 20.1. The van der Waals surface area contributed by atoms with Crippen molar-refractivity contribution in [2.75, 3.05) is 13.1 Å². The molecule has 0 saturated carbocycles. The monoisotopic (exact) mass is 416 g/mol. The second-order valence-electron chi connectivity index (χ2n) is 8.59. The van der Waals surface area contributed by atoms with Crippen LogP contribution in [0.1, 0.15) is 63.5 Å². The molecule has 7 heteroatoms. The highest BCUT2D eigenvalue weighted by Gasteiger charge is 2.38. The maximum atomic E-state index is 13.3. The van der Waals surface area contributed by atoms with Crippen molar-refractivity contribution in [3.8, 4) is 5.75 Å². The van der Waals surface area contributed by atoms with Crippen molar-refractivity contribution in [3.05, 3.63) is 40.9 Å². The third-order valence-electron chi connectivity index (χ3n) is 5.91. The lowest BCUT2D eigenvalue weighted by molar-refractivity contribution is -0.146. The summed E-state index contributed by atoms with van der Waals surface area (Å²) in [5.74, 6) is 3.04. The van der Waals surface area contributed by atoms with Gasteiger partial charge in [0.25, 0.3) is 5.91 Å². The standard InChI is InChI=1S/C22H29ClN4O2/c1-22(2,29-18-11-9-17(23)10-12-18)21(28)26-13-6-7-16(15-26)20-25-24-19-8-4-3-5-14-27(19)20/h9-12,16H,3-8,13-15H2,1-2H3. The number of fused-ring (bicyclic) bond motifs is 1. The molecule has 0 N–H and O–H groups in total. The number of benzene rings is 1. The van der Waals surface area contributed by atoms with Crippen LogP contribution < -0.4 is 4.74 Å². The molecule has 0 bridgehead atoms. The van der Waals surface area contributed by atoms with Crippen LogP contribution in [0.5, 0.6) is 5.75 Å². The third-order valence-corrected chi connectivity index (χ3v) is 6.17. The number of aryl methyl sites for hydroxylation is 1. The number of aromatic nitrogens is 3. The molecule has 1 atom stereocenters. The predicted molar refractivity (Wildman–Crippen MR) is 112 cm³/mol. The van der Waals surface area contributed by atoms with Gasteiger partial charge in [-0.1, -0.05) is 18.0 Å². The third kappa shape index (κ3) is 4.42. The van der Waals surface area contributed by atoms with Crippen molar-refractivity contribution >= 4 is 17.5 Å². The molecule has 4 rings (SSSR count). The molecule has 1 aromatic carbocycles. The summed E-state index contributed by atoms with van der Waals surface area (Å²) in [6.45, 7) is 6.08. The van der Waals surface area contributed by atoms with Crippen molar-refractivity contribution in [3.63, 3.8) is 0 Å². The van der Waals surface area contributed by atoms with Crippen molar-refractivity contribution in [2.45, 2.75) is 70.4 Å². The Hall–Kier alpha value is -2.08. The Labute approximate surface area is 177 Å². The van der Waals surface area contributed by atoms with E-state index in [4.69, 9.17) is 16.3 Å². The van der Waals surface area contributed by atoms with Crippen molar-refractivity contribution < 1.29 is 9.53 Å². The molecule has 1 fully saturated rings. The first kappa shape index (κ1) is 20.2. The fraction of sp³-hybridized carbons (Fsp3) is 0.591. The van der Waals surface area contributed by atoms with E-state index in [9.17, 15) is 4.79 Å². The zero-order valence-corrected chi connectivity index (χ0v) is 18.0. The van der Waals surface area contributed by atoms with E-state index in [0.29, 0.717) is 17.3 Å². The Balaban J connectivity index is 1.47. The van der Waals surface area contributed by atoms with Gasteiger partial charge >= 0.3 is 0 Å². The minimum absolute atomic E-state index is 0.00718. The van der Waals surface area contributed by atoms with Crippen LogP contribution in [0.2, 0.25) is 5.02 Å². The van der Waals surface area contributed by atoms with Gasteiger partial charge in [-0.3, -0.25) is 4.79 Å². The number of likely N-dealkylation sites (tertiary alicyclic amines) is 1. The van der Waals surface area contributed by atoms with Crippen molar-refractivity contribution in [1.82, 2.24) is 19.7 Å². The molecule has 2 aliphatic rings. The first-order chi connectivity index (χ1) is 13.9. The van der Waals surface area contributed by atoms with Crippen molar-refractivity contribution in [1.29, 1.82) is 0 Å². The Kier molecular flexibility index (Phi) is 5.81. The van der Waals surface area contributed by atoms with E-state index in [1.54, 1.807) is 24.3 Å². The van der Waals surface area contributed by atoms with Gasteiger partial charge < -0.3 is 14.2 Å². The van der Waals surface area contributed by atoms with E-state index in [1.807, 2.05) is 18.7 Å². The molecule has 156 valence electrons. The van der Waals surface area contributed by atoms with Crippen molar-refractivity contribution in [2.24, 2.45) is 0 Å². The van der Waals surface area contributed by atoms with Crippen LogP contribution in [-0.2, 0) is 17.8 Å². The largest absolute Gasteiger partial charge is 0.478 e. The molecule has 3 heterocycles. The van der Waals surface area contributed by atoms with Gasteiger partial charge in [-0.2, -0.15) is 0 Å². The van der Waals surface area contributed by atoms with Gasteiger partial charge in [0.2, 0.25) is 0 Å². The zero-order chi connectivity index (χ0) is 20.4. The molecule has 2 aromatic rings. The van der Waals surface area contributed by atoms with Gasteiger partial charge in [0.15, 0.2) is 5.60 Å². The maximum absolute atomic E-state index is 13.3. The number of piperidine rings is 1. The highest BCUT2D eigenvalue weighted by Crippen LogP contribution is 2.30. The molecule has 29 heavy (non-hydrogen) atoms. The van der Waals surface area contributed by atoms with Crippen LogP contribution in [0.15, 0.2) is 24.3 Å². The summed E-state index contributed by atoms with van der Waals surface area (Å²) in [6.07, 6.45) is 6.62. The molecule has 1 unspecified atom stereocenters. The second kappa shape index (κ2) is 8.34. The van der Waals surface area contributed by atoms with Crippen LogP contribution in [0, 0.1) is 0 Å². The number of nitrogens with zero attached hydrogens (tertiary/aromatic N) is 4. The Morgan fingerprint density at radius 2 is 1.90 bits per heavy atom. The average Bonchev–Trinajstić information content (AvgIpc) is 2.97. The lowest BCUT2D eigenvalue weighted by atomic mass is 9.95. The molecule has 1 aromatic heterocycles. The molecule has 0 spiro atoms. The summed E-state index contributed by atoms with van der Waals surface area (Å²) in [5, 5.41) is 9.62. The van der Waals surface area contributed by atoms with Gasteiger partial charge in [0.1, 0.15) is 17.4 Å². The Morgan fingerprint density at radius 3 is 2.69 bits per heavy atom. The van der Waals surface area contributed by atoms with Crippen LogP contribution in [0.25, 0.3) is 0 Å². The number of amides is 1. The number of ether oxygens (including phenoxy) is 1. The quantitative estimate of drug-likeness (QED) is 0.748. The zero-order valence-electron chi connectivity index (χ0n) is 17.2. The number of carbonyl (C=O) groups is 1. The van der Waals surface area contributed by atoms with Gasteiger partial charge in [0, 0.05) is 37.0 Å². The molecular weight excluding hydrogens is 388 g/mol. The summed E-state index contributed by atoms with van der Waals surface area (Å²) >= 11 is 5.95. The highest BCUT2D eigenvalue weighted by molar-refractivity contribution is 6.30. The van der Waals surface area contributed by atoms with Gasteiger partial charge in [-0.25, -0.2) is 0 Å². The van der Waals surface area contributed by atoms with Crippen LogP contribution in [-0.4, -0.2) is 44.3 Å². The lowest BCUT2D eigenvalue weighted by Crippen LogP contribution is -2.51. The molecule has 1 amide bonds. The lowest BCUT2D eigenvalue weighted by Gasteiger charge is -2.37. The molecular formula is C22H29ClN4O2. The average molecular weight is 417 g/mol. The van der Waals surface area contributed by atoms with Crippen LogP contribution in [0.4, 0.5) is 0 Å².